The summed E-state index contributed by atoms with van der Waals surface area (Å²) in [7, 11) is 0. The van der Waals surface area contributed by atoms with Crippen LogP contribution < -0.4 is 9.13 Å². The van der Waals surface area contributed by atoms with E-state index in [-0.39, 0.29) is 0 Å². The molecule has 0 spiro atoms. The molecule has 1 aliphatic heterocycles. The summed E-state index contributed by atoms with van der Waals surface area (Å²) < 4.78 is 4.86. The Kier molecular flexibility index (Phi) is 14.8. The molecule has 0 saturated heterocycles. The van der Waals surface area contributed by atoms with Crippen molar-refractivity contribution in [3.63, 3.8) is 0 Å². The van der Waals surface area contributed by atoms with Crippen LogP contribution in [0.15, 0.2) is 49.1 Å². The van der Waals surface area contributed by atoms with E-state index < -0.39 is 0 Å². The molecule has 194 valence electrons. The van der Waals surface area contributed by atoms with Gasteiger partial charge in [-0.3, -0.25) is 0 Å². The topological polar surface area (TPSA) is 7.76 Å². The van der Waals surface area contributed by atoms with Gasteiger partial charge in [0.25, 0.3) is 0 Å². The average molecular weight is 479 g/mol. The van der Waals surface area contributed by atoms with Crippen molar-refractivity contribution in [1.29, 1.82) is 0 Å². The summed E-state index contributed by atoms with van der Waals surface area (Å²) in [6.45, 7) is 2.37. The Hall–Kier alpha value is -1.70. The molecule has 4 bridgehead atoms. The van der Waals surface area contributed by atoms with Crippen LogP contribution in [0.25, 0.3) is 0 Å². The van der Waals surface area contributed by atoms with Crippen LogP contribution in [-0.2, 0) is 25.9 Å². The first-order chi connectivity index (χ1) is 17.4. The van der Waals surface area contributed by atoms with Crippen molar-refractivity contribution >= 4 is 0 Å². The van der Waals surface area contributed by atoms with Crippen LogP contribution in [0.2, 0.25) is 0 Å². The molecule has 2 heteroatoms. The quantitative estimate of drug-likeness (QED) is 0.335. The third-order valence-electron chi connectivity index (χ3n) is 7.85. The van der Waals surface area contributed by atoms with Gasteiger partial charge in [-0.2, -0.15) is 0 Å². The van der Waals surface area contributed by atoms with Gasteiger partial charge < -0.3 is 0 Å². The van der Waals surface area contributed by atoms with E-state index in [1.54, 1.807) is 0 Å². The number of hydrogen-bond acceptors (Lipinski definition) is 0. The molecular formula is C33H54N2+2. The second kappa shape index (κ2) is 18.6. The van der Waals surface area contributed by atoms with Crippen LogP contribution in [-0.4, -0.2) is 0 Å². The Balaban J connectivity index is 1.38. The number of nitrogens with zero attached hydrogens (tertiary/aromatic N) is 2. The van der Waals surface area contributed by atoms with Crippen LogP contribution in [0.3, 0.4) is 0 Å². The molecule has 1 aliphatic rings. The number of aryl methyl sites for hydroxylation is 4. The fourth-order valence-corrected chi connectivity index (χ4v) is 5.63. The minimum absolute atomic E-state index is 1.18. The van der Waals surface area contributed by atoms with Crippen molar-refractivity contribution in [3.8, 4) is 0 Å². The van der Waals surface area contributed by atoms with Gasteiger partial charge in [0.2, 0.25) is 0 Å². The first kappa shape index (κ1) is 27.9. The van der Waals surface area contributed by atoms with E-state index in [0.29, 0.717) is 0 Å². The Morgan fingerprint density at radius 2 is 0.686 bits per heavy atom. The fraction of sp³-hybridized carbons (Fsp3) is 0.697. The Morgan fingerprint density at radius 3 is 1.06 bits per heavy atom. The molecule has 0 fully saturated rings. The summed E-state index contributed by atoms with van der Waals surface area (Å²) in [5, 5.41) is 0. The normalized spacial score (nSPS) is 19.7. The minimum Gasteiger partial charge on any atom is -0.205 e. The highest BCUT2D eigenvalue weighted by molar-refractivity contribution is 5.05. The molecule has 2 aromatic heterocycles. The van der Waals surface area contributed by atoms with Gasteiger partial charge in [0.1, 0.15) is 13.1 Å². The van der Waals surface area contributed by atoms with Gasteiger partial charge in [0.15, 0.2) is 24.8 Å². The minimum atomic E-state index is 1.18. The van der Waals surface area contributed by atoms with Crippen molar-refractivity contribution in [2.75, 3.05) is 0 Å². The number of hydrogen-bond donors (Lipinski definition) is 0. The largest absolute Gasteiger partial charge is 0.205 e. The maximum Gasteiger partial charge on any atom is 0.171 e. The molecule has 0 radical (unpaired) electrons. The van der Waals surface area contributed by atoms with E-state index in [0.717, 1.165) is 0 Å². The number of pyridine rings is 2. The van der Waals surface area contributed by atoms with Crippen molar-refractivity contribution in [2.45, 2.75) is 148 Å². The zero-order valence-electron chi connectivity index (χ0n) is 22.8. The summed E-state index contributed by atoms with van der Waals surface area (Å²) in [5.41, 5.74) is 3.06. The lowest BCUT2D eigenvalue weighted by molar-refractivity contribution is -0.697. The van der Waals surface area contributed by atoms with Crippen molar-refractivity contribution in [3.05, 3.63) is 60.2 Å². The molecule has 2 nitrogen and oxygen atoms in total. The predicted molar refractivity (Wildman–Crippen MR) is 148 cm³/mol. The first-order valence-electron chi connectivity index (χ1n) is 15.4. The lowest BCUT2D eigenvalue weighted by atomic mass is 10.0. The van der Waals surface area contributed by atoms with Gasteiger partial charge in [-0.1, -0.05) is 83.5 Å². The Bertz CT molecular complexity index is 719. The van der Waals surface area contributed by atoms with E-state index in [1.807, 2.05) is 0 Å². The monoisotopic (exact) mass is 478 g/mol. The lowest BCUT2D eigenvalue weighted by Crippen LogP contribution is -2.33. The van der Waals surface area contributed by atoms with Crippen LogP contribution in [0, 0.1) is 0 Å². The van der Waals surface area contributed by atoms with Crippen molar-refractivity contribution in [1.82, 2.24) is 0 Å². The van der Waals surface area contributed by atoms with Crippen LogP contribution in [0.1, 0.15) is 133 Å². The maximum atomic E-state index is 2.43. The van der Waals surface area contributed by atoms with E-state index >= 15 is 0 Å². The number of fused-ring (bicyclic) bond motifs is 4. The predicted octanol–water partition coefficient (Wildman–Crippen LogP) is 8.47. The van der Waals surface area contributed by atoms with Gasteiger partial charge in [0, 0.05) is 36.1 Å². The lowest BCUT2D eigenvalue weighted by Gasteiger charge is -2.04. The molecule has 0 saturated carbocycles. The summed E-state index contributed by atoms with van der Waals surface area (Å²) >= 11 is 0. The average Bonchev–Trinajstić information content (AvgIpc) is 2.88. The molecule has 0 atom stereocenters. The first-order valence-corrected chi connectivity index (χ1v) is 15.4. The fourth-order valence-electron chi connectivity index (χ4n) is 5.63. The van der Waals surface area contributed by atoms with E-state index in [9.17, 15) is 0 Å². The molecule has 0 aromatic carbocycles. The van der Waals surface area contributed by atoms with E-state index in [2.05, 4.69) is 58.2 Å². The Labute approximate surface area is 217 Å². The second-order valence-corrected chi connectivity index (χ2v) is 11.1. The summed E-state index contributed by atoms with van der Waals surface area (Å²) in [5.74, 6) is 0. The zero-order chi connectivity index (χ0) is 24.2. The zero-order valence-corrected chi connectivity index (χ0v) is 22.8. The highest BCUT2D eigenvalue weighted by atomic mass is 14.9. The second-order valence-electron chi connectivity index (χ2n) is 11.1. The third-order valence-corrected chi connectivity index (χ3v) is 7.85. The molecule has 2 aromatic rings. The molecule has 0 amide bonds. The van der Waals surface area contributed by atoms with Crippen LogP contribution in [0.5, 0.6) is 0 Å². The molecular weight excluding hydrogens is 424 g/mol. The van der Waals surface area contributed by atoms with Crippen LogP contribution in [0.4, 0.5) is 0 Å². The smallest absolute Gasteiger partial charge is 0.171 e. The molecule has 35 heavy (non-hydrogen) atoms. The molecule has 0 unspecified atom stereocenters. The summed E-state index contributed by atoms with van der Waals surface area (Å²) in [6.07, 6.45) is 38.4. The highest BCUT2D eigenvalue weighted by Gasteiger charge is 2.05. The Morgan fingerprint density at radius 1 is 0.371 bits per heavy atom. The van der Waals surface area contributed by atoms with Gasteiger partial charge in [-0.05, 0) is 50.7 Å². The molecule has 3 heterocycles. The van der Waals surface area contributed by atoms with Crippen molar-refractivity contribution < 1.29 is 9.13 Å². The molecule has 0 N–H and O–H groups in total. The van der Waals surface area contributed by atoms with Crippen molar-refractivity contribution in [2.24, 2.45) is 0 Å². The van der Waals surface area contributed by atoms with E-state index in [4.69, 9.17) is 0 Å². The number of rotatable bonds is 0. The van der Waals surface area contributed by atoms with Crippen LogP contribution >= 0.6 is 0 Å². The third kappa shape index (κ3) is 13.3. The van der Waals surface area contributed by atoms with Gasteiger partial charge in [0.05, 0.1) is 0 Å². The number of aromatic nitrogens is 2. The maximum absolute atomic E-state index is 2.43. The summed E-state index contributed by atoms with van der Waals surface area (Å²) in [4.78, 5) is 0. The molecule has 0 aliphatic carbocycles. The standard InChI is InChI=1S/C33H54N2/c1-2-4-8-12-16-22-32-24-20-28-34(30-32)26-18-14-10-6-7-11-15-19-27-35-29-21-25-33(31-35)23-17-13-9-5-3-1/h20-21,24-25,28-31H,1-19,22-23,26-27H2/q+2. The van der Waals surface area contributed by atoms with Gasteiger partial charge in [-0.25, -0.2) is 9.13 Å². The highest BCUT2D eigenvalue weighted by Crippen LogP contribution is 2.14. The SMILES string of the molecule is c1cc2c[n+](c1)CCCCCCCCCC[n+]1cccc(c1)CCCCCCCCCCCCC2. The molecule has 3 rings (SSSR count). The summed E-state index contributed by atoms with van der Waals surface area (Å²) in [6, 6.07) is 9.16. The van der Waals surface area contributed by atoms with Gasteiger partial charge in [-0.15, -0.1) is 0 Å². The van der Waals surface area contributed by atoms with E-state index in [1.165, 1.54) is 159 Å². The van der Waals surface area contributed by atoms with Gasteiger partial charge >= 0.3 is 0 Å².